The van der Waals surface area contributed by atoms with Gasteiger partial charge in [-0.2, -0.15) is 0 Å². The van der Waals surface area contributed by atoms with Crippen LogP contribution in [0, 0.1) is 11.8 Å². The average molecular weight is 326 g/mol. The number of hydrogen-bond acceptors (Lipinski definition) is 2. The van der Waals surface area contributed by atoms with Gasteiger partial charge in [0.15, 0.2) is 0 Å². The molecule has 4 nitrogen and oxygen atoms in total. The Labute approximate surface area is 143 Å². The van der Waals surface area contributed by atoms with E-state index in [0.29, 0.717) is 12.5 Å². The van der Waals surface area contributed by atoms with Crippen molar-refractivity contribution < 1.29 is 9.59 Å². The summed E-state index contributed by atoms with van der Waals surface area (Å²) in [5.41, 5.74) is 3.48. The van der Waals surface area contributed by atoms with Gasteiger partial charge >= 0.3 is 0 Å². The molecule has 1 N–H and O–H groups in total. The minimum Gasteiger partial charge on any atom is -0.352 e. The van der Waals surface area contributed by atoms with Crippen LogP contribution in [0.25, 0.3) is 0 Å². The lowest BCUT2D eigenvalue weighted by Gasteiger charge is -2.35. The minimum absolute atomic E-state index is 0.195. The zero-order valence-electron chi connectivity index (χ0n) is 14.2. The van der Waals surface area contributed by atoms with Gasteiger partial charge in [-0.3, -0.25) is 9.59 Å². The van der Waals surface area contributed by atoms with Crippen LogP contribution in [0.3, 0.4) is 0 Å². The molecular weight excluding hydrogens is 300 g/mol. The quantitative estimate of drug-likeness (QED) is 0.924. The molecule has 1 aromatic carbocycles. The molecule has 4 heteroatoms. The van der Waals surface area contributed by atoms with Gasteiger partial charge in [-0.15, -0.1) is 0 Å². The SMILES string of the molecule is O=C(NCc1ccc2c(c1)CCCN2C(=O)C1CCC1)C1CCC1. The lowest BCUT2D eigenvalue weighted by molar-refractivity contribution is -0.127. The standard InChI is InChI=1S/C20H26N2O2/c23-19(15-4-1-5-15)21-13-14-9-10-18-17(12-14)8-3-11-22(18)20(24)16-6-2-7-16/h9-10,12,15-16H,1-8,11,13H2,(H,21,23). The van der Waals surface area contributed by atoms with Crippen molar-refractivity contribution in [3.8, 4) is 0 Å². The van der Waals surface area contributed by atoms with Gasteiger partial charge in [0.2, 0.25) is 11.8 Å². The first kappa shape index (κ1) is 15.7. The van der Waals surface area contributed by atoms with Gasteiger partial charge in [0.25, 0.3) is 0 Å². The van der Waals surface area contributed by atoms with Gasteiger partial charge in [-0.1, -0.05) is 25.0 Å². The molecule has 2 saturated carbocycles. The lowest BCUT2D eigenvalue weighted by Crippen LogP contribution is -2.41. The van der Waals surface area contributed by atoms with Gasteiger partial charge in [-0.05, 0) is 55.7 Å². The summed E-state index contributed by atoms with van der Waals surface area (Å²) in [6.07, 6.45) is 8.60. The summed E-state index contributed by atoms with van der Waals surface area (Å²) in [4.78, 5) is 26.6. The number of nitrogens with zero attached hydrogens (tertiary/aromatic N) is 1. The molecule has 24 heavy (non-hydrogen) atoms. The average Bonchev–Trinajstić information content (AvgIpc) is 2.48. The Morgan fingerprint density at radius 1 is 1.04 bits per heavy atom. The molecule has 0 unspecified atom stereocenters. The van der Waals surface area contributed by atoms with E-state index in [-0.39, 0.29) is 17.7 Å². The van der Waals surface area contributed by atoms with E-state index in [1.807, 2.05) is 4.90 Å². The van der Waals surface area contributed by atoms with Gasteiger partial charge < -0.3 is 10.2 Å². The van der Waals surface area contributed by atoms with E-state index in [9.17, 15) is 9.59 Å². The number of anilines is 1. The van der Waals surface area contributed by atoms with Crippen molar-refractivity contribution in [1.82, 2.24) is 5.32 Å². The van der Waals surface area contributed by atoms with Crippen LogP contribution in [-0.2, 0) is 22.6 Å². The maximum Gasteiger partial charge on any atom is 0.230 e. The normalized spacial score (nSPS) is 20.8. The highest BCUT2D eigenvalue weighted by Gasteiger charge is 2.32. The Morgan fingerprint density at radius 2 is 1.79 bits per heavy atom. The number of fused-ring (bicyclic) bond motifs is 1. The summed E-state index contributed by atoms with van der Waals surface area (Å²) in [6, 6.07) is 6.32. The van der Waals surface area contributed by atoms with Crippen LogP contribution in [0.4, 0.5) is 5.69 Å². The fraction of sp³-hybridized carbons (Fsp3) is 0.600. The first-order valence-electron chi connectivity index (χ1n) is 9.43. The number of carbonyl (C=O) groups is 2. The van der Waals surface area contributed by atoms with E-state index < -0.39 is 0 Å². The molecule has 0 saturated heterocycles. The van der Waals surface area contributed by atoms with Crippen LogP contribution in [0.15, 0.2) is 18.2 Å². The largest absolute Gasteiger partial charge is 0.352 e. The van der Waals surface area contributed by atoms with Gasteiger partial charge in [0.1, 0.15) is 0 Å². The highest BCUT2D eigenvalue weighted by Crippen LogP contribution is 2.34. The predicted octanol–water partition coefficient (Wildman–Crippen LogP) is 3.18. The van der Waals surface area contributed by atoms with E-state index in [2.05, 4.69) is 23.5 Å². The van der Waals surface area contributed by atoms with Crippen molar-refractivity contribution in [3.63, 3.8) is 0 Å². The Balaban J connectivity index is 1.44. The first-order chi connectivity index (χ1) is 11.7. The highest BCUT2D eigenvalue weighted by molar-refractivity contribution is 5.96. The van der Waals surface area contributed by atoms with Gasteiger partial charge in [0.05, 0.1) is 0 Å². The molecule has 4 rings (SSSR count). The fourth-order valence-corrected chi connectivity index (χ4v) is 3.87. The van der Waals surface area contributed by atoms with Crippen LogP contribution in [0.5, 0.6) is 0 Å². The van der Waals surface area contributed by atoms with Crippen molar-refractivity contribution >= 4 is 17.5 Å². The molecule has 0 bridgehead atoms. The van der Waals surface area contributed by atoms with Crippen molar-refractivity contribution in [3.05, 3.63) is 29.3 Å². The number of nitrogens with one attached hydrogen (secondary N) is 1. The zero-order chi connectivity index (χ0) is 16.5. The number of rotatable bonds is 4. The van der Waals surface area contributed by atoms with Crippen molar-refractivity contribution in [2.75, 3.05) is 11.4 Å². The van der Waals surface area contributed by atoms with Crippen molar-refractivity contribution in [2.24, 2.45) is 11.8 Å². The number of hydrogen-bond donors (Lipinski definition) is 1. The molecule has 128 valence electrons. The van der Waals surface area contributed by atoms with E-state index >= 15 is 0 Å². The molecule has 0 radical (unpaired) electrons. The topological polar surface area (TPSA) is 49.4 Å². The molecular formula is C20H26N2O2. The third-order valence-corrected chi connectivity index (χ3v) is 5.93. The summed E-state index contributed by atoms with van der Waals surface area (Å²) in [6.45, 7) is 1.44. The van der Waals surface area contributed by atoms with Crippen LogP contribution >= 0.6 is 0 Å². The summed E-state index contributed by atoms with van der Waals surface area (Å²) in [5.74, 6) is 0.990. The highest BCUT2D eigenvalue weighted by atomic mass is 16.2. The van der Waals surface area contributed by atoms with Crippen molar-refractivity contribution in [2.45, 2.75) is 57.9 Å². The Kier molecular flexibility index (Phi) is 4.30. The number of amides is 2. The van der Waals surface area contributed by atoms with Crippen LogP contribution in [0.2, 0.25) is 0 Å². The molecule has 0 aromatic heterocycles. The zero-order valence-corrected chi connectivity index (χ0v) is 14.2. The third-order valence-electron chi connectivity index (χ3n) is 5.93. The second kappa shape index (κ2) is 6.58. The molecule has 0 spiro atoms. The smallest absolute Gasteiger partial charge is 0.230 e. The second-order valence-corrected chi connectivity index (χ2v) is 7.53. The van der Waals surface area contributed by atoms with E-state index in [0.717, 1.165) is 56.3 Å². The van der Waals surface area contributed by atoms with E-state index in [1.54, 1.807) is 0 Å². The summed E-state index contributed by atoms with van der Waals surface area (Å²) in [5, 5.41) is 3.06. The van der Waals surface area contributed by atoms with Crippen LogP contribution in [0.1, 0.15) is 56.1 Å². The maximum atomic E-state index is 12.6. The molecule has 3 aliphatic rings. The molecule has 1 aromatic rings. The molecule has 2 fully saturated rings. The number of carbonyl (C=O) groups excluding carboxylic acids is 2. The maximum absolute atomic E-state index is 12.6. The van der Waals surface area contributed by atoms with E-state index in [1.165, 1.54) is 18.4 Å². The monoisotopic (exact) mass is 326 g/mol. The van der Waals surface area contributed by atoms with Crippen LogP contribution in [-0.4, -0.2) is 18.4 Å². The summed E-state index contributed by atoms with van der Waals surface area (Å²) < 4.78 is 0. The van der Waals surface area contributed by atoms with Crippen molar-refractivity contribution in [1.29, 1.82) is 0 Å². The molecule has 2 aliphatic carbocycles. The molecule has 0 atom stereocenters. The number of benzene rings is 1. The lowest BCUT2D eigenvalue weighted by atomic mass is 9.83. The predicted molar refractivity (Wildman–Crippen MR) is 93.6 cm³/mol. The Hall–Kier alpha value is -1.84. The Bertz CT molecular complexity index is 647. The Morgan fingerprint density at radius 3 is 2.46 bits per heavy atom. The fourth-order valence-electron chi connectivity index (χ4n) is 3.87. The van der Waals surface area contributed by atoms with Gasteiger partial charge in [0, 0.05) is 30.6 Å². The molecule has 1 aliphatic heterocycles. The first-order valence-corrected chi connectivity index (χ1v) is 9.43. The number of aryl methyl sites for hydroxylation is 1. The summed E-state index contributed by atoms with van der Waals surface area (Å²) >= 11 is 0. The van der Waals surface area contributed by atoms with Crippen LogP contribution < -0.4 is 10.2 Å². The third kappa shape index (κ3) is 2.94. The molecule has 2 amide bonds. The van der Waals surface area contributed by atoms with E-state index in [4.69, 9.17) is 0 Å². The molecule has 1 heterocycles. The summed E-state index contributed by atoms with van der Waals surface area (Å²) in [7, 11) is 0. The van der Waals surface area contributed by atoms with Gasteiger partial charge in [-0.25, -0.2) is 0 Å². The second-order valence-electron chi connectivity index (χ2n) is 7.53. The minimum atomic E-state index is 0.195.